The van der Waals surface area contributed by atoms with Gasteiger partial charge >= 0.3 is 0 Å². The number of aryl methyl sites for hydroxylation is 1. The number of aromatic nitrogens is 1. The molecule has 3 aromatic rings. The van der Waals surface area contributed by atoms with E-state index in [9.17, 15) is 0 Å². The third kappa shape index (κ3) is 3.33. The maximum Gasteiger partial charge on any atom is 0.176 e. The first-order valence-electron chi connectivity index (χ1n) is 6.57. The van der Waals surface area contributed by atoms with Crippen molar-refractivity contribution < 1.29 is 4.57 Å². The average molecular weight is 301 g/mol. The van der Waals surface area contributed by atoms with Crippen LogP contribution in [-0.2, 0) is 6.54 Å². The molecule has 0 unspecified atom stereocenters. The van der Waals surface area contributed by atoms with Crippen molar-refractivity contribution in [1.29, 1.82) is 0 Å². The second-order valence-electron chi connectivity index (χ2n) is 4.61. The first-order chi connectivity index (χ1) is 9.81. The number of benzene rings is 2. The van der Waals surface area contributed by atoms with Crippen molar-refractivity contribution in [3.05, 3.63) is 72.0 Å². The fourth-order valence-electron chi connectivity index (χ4n) is 2.12. The maximum atomic E-state index is 5.88. The summed E-state index contributed by atoms with van der Waals surface area (Å²) in [7, 11) is 0. The van der Waals surface area contributed by atoms with Crippen LogP contribution in [0.2, 0.25) is 5.02 Å². The van der Waals surface area contributed by atoms with Crippen LogP contribution >= 0.6 is 23.4 Å². The predicted molar refractivity (Wildman–Crippen MR) is 86.3 cm³/mol. The zero-order valence-corrected chi connectivity index (χ0v) is 12.6. The van der Waals surface area contributed by atoms with E-state index in [2.05, 4.69) is 59.4 Å². The topological polar surface area (TPSA) is 3.88 Å². The zero-order chi connectivity index (χ0) is 13.8. The van der Waals surface area contributed by atoms with Gasteiger partial charge in [0, 0.05) is 21.4 Å². The molecule has 0 N–H and O–H groups in total. The number of hydrogen-bond donors (Lipinski definition) is 0. The third-order valence-electron chi connectivity index (χ3n) is 3.18. The summed E-state index contributed by atoms with van der Waals surface area (Å²) in [4.78, 5) is 1.26. The molecule has 1 nitrogen and oxygen atoms in total. The molecule has 0 fully saturated rings. The van der Waals surface area contributed by atoms with Gasteiger partial charge in [-0.05, 0) is 35.7 Å². The predicted octanol–water partition coefficient (Wildman–Crippen LogP) is 4.57. The molecule has 0 aliphatic carbocycles. The Hall–Kier alpha value is -1.51. The van der Waals surface area contributed by atoms with Crippen molar-refractivity contribution in [3.8, 4) is 0 Å². The van der Waals surface area contributed by atoms with Gasteiger partial charge in [-0.15, -0.1) is 11.8 Å². The lowest BCUT2D eigenvalue weighted by Gasteiger charge is -2.01. The van der Waals surface area contributed by atoms with Crippen molar-refractivity contribution >= 4 is 34.1 Å². The van der Waals surface area contributed by atoms with Crippen LogP contribution in [0.15, 0.2) is 71.9 Å². The van der Waals surface area contributed by atoms with Crippen LogP contribution in [0, 0.1) is 0 Å². The Morgan fingerprint density at radius 3 is 2.45 bits per heavy atom. The fraction of sp³-hybridized carbons (Fsp3) is 0.118. The van der Waals surface area contributed by atoms with E-state index in [0.717, 1.165) is 17.3 Å². The summed E-state index contributed by atoms with van der Waals surface area (Å²) in [6, 6.07) is 18.6. The molecule has 0 bridgehead atoms. The summed E-state index contributed by atoms with van der Waals surface area (Å²) in [6.07, 6.45) is 4.35. The summed E-state index contributed by atoms with van der Waals surface area (Å²) in [6.45, 7) is 0.998. The summed E-state index contributed by atoms with van der Waals surface area (Å²) in [5.74, 6) is 1.05. The highest BCUT2D eigenvalue weighted by Gasteiger charge is 2.03. The molecule has 0 aliphatic heterocycles. The van der Waals surface area contributed by atoms with Gasteiger partial charge in [-0.3, -0.25) is 0 Å². The lowest BCUT2D eigenvalue weighted by atomic mass is 10.2. The Morgan fingerprint density at radius 1 is 0.900 bits per heavy atom. The largest absolute Gasteiger partial charge is 0.204 e. The van der Waals surface area contributed by atoms with Gasteiger partial charge < -0.3 is 0 Å². The van der Waals surface area contributed by atoms with Crippen molar-refractivity contribution in [1.82, 2.24) is 0 Å². The number of hydrogen-bond acceptors (Lipinski definition) is 1. The monoisotopic (exact) mass is 300 g/mol. The van der Waals surface area contributed by atoms with E-state index in [1.54, 1.807) is 0 Å². The number of pyridine rings is 1. The Labute approximate surface area is 128 Å². The van der Waals surface area contributed by atoms with E-state index in [4.69, 9.17) is 11.6 Å². The molecule has 1 heterocycles. The zero-order valence-electron chi connectivity index (χ0n) is 11.0. The molecule has 3 heteroatoms. The third-order valence-corrected chi connectivity index (χ3v) is 4.42. The van der Waals surface area contributed by atoms with Gasteiger partial charge in [-0.1, -0.05) is 29.8 Å². The summed E-state index contributed by atoms with van der Waals surface area (Å²) >= 11 is 7.73. The Balaban J connectivity index is 1.63. The van der Waals surface area contributed by atoms with Gasteiger partial charge in [-0.2, -0.15) is 0 Å². The van der Waals surface area contributed by atoms with Gasteiger partial charge in [0.2, 0.25) is 0 Å². The minimum Gasteiger partial charge on any atom is -0.204 e. The average Bonchev–Trinajstić information content (AvgIpc) is 2.49. The maximum absolute atomic E-state index is 5.88. The number of halogens is 1. The van der Waals surface area contributed by atoms with E-state index in [1.807, 2.05) is 23.9 Å². The molecule has 100 valence electrons. The molecule has 0 amide bonds. The van der Waals surface area contributed by atoms with Gasteiger partial charge in [0.15, 0.2) is 18.9 Å². The molecule has 0 saturated carbocycles. The Bertz CT molecular complexity index is 710. The van der Waals surface area contributed by atoms with Crippen LogP contribution in [0.4, 0.5) is 0 Å². The van der Waals surface area contributed by atoms with Crippen LogP contribution in [0.5, 0.6) is 0 Å². The van der Waals surface area contributed by atoms with Gasteiger partial charge in [0.05, 0.1) is 5.75 Å². The molecule has 3 rings (SSSR count). The molecule has 0 atom stereocenters. The van der Waals surface area contributed by atoms with Gasteiger partial charge in [0.25, 0.3) is 0 Å². The second-order valence-corrected chi connectivity index (χ2v) is 6.22. The van der Waals surface area contributed by atoms with E-state index in [-0.39, 0.29) is 0 Å². The van der Waals surface area contributed by atoms with Crippen LogP contribution in [0.1, 0.15) is 0 Å². The molecule has 0 radical (unpaired) electrons. The Morgan fingerprint density at radius 2 is 1.65 bits per heavy atom. The minimum absolute atomic E-state index is 0.790. The number of rotatable bonds is 4. The van der Waals surface area contributed by atoms with Crippen molar-refractivity contribution in [2.24, 2.45) is 0 Å². The van der Waals surface area contributed by atoms with Crippen LogP contribution in [0.3, 0.4) is 0 Å². The standard InChI is InChI=1S/C17H15ClNS/c18-16-5-7-17(8-6-16)20-12-11-19-10-9-14-3-1-2-4-15(14)13-19/h1-10,13H,11-12H2/q+1. The molecule has 0 spiro atoms. The highest BCUT2D eigenvalue weighted by Crippen LogP contribution is 2.20. The first kappa shape index (κ1) is 13.5. The van der Waals surface area contributed by atoms with Crippen molar-refractivity contribution in [2.45, 2.75) is 11.4 Å². The van der Waals surface area contributed by atoms with E-state index < -0.39 is 0 Å². The van der Waals surface area contributed by atoms with E-state index in [0.29, 0.717) is 0 Å². The molecular formula is C17H15ClNS+. The highest BCUT2D eigenvalue weighted by atomic mass is 35.5. The number of fused-ring (bicyclic) bond motifs is 1. The van der Waals surface area contributed by atoms with Crippen molar-refractivity contribution in [3.63, 3.8) is 0 Å². The highest BCUT2D eigenvalue weighted by molar-refractivity contribution is 7.99. The molecule has 2 aromatic carbocycles. The molecule has 20 heavy (non-hydrogen) atoms. The van der Waals surface area contributed by atoms with Crippen LogP contribution in [-0.4, -0.2) is 5.75 Å². The molecule has 0 saturated heterocycles. The summed E-state index contributed by atoms with van der Waals surface area (Å²) in [5.41, 5.74) is 0. The number of thioether (sulfide) groups is 1. The quantitative estimate of drug-likeness (QED) is 0.504. The van der Waals surface area contributed by atoms with Gasteiger partial charge in [0.1, 0.15) is 0 Å². The lowest BCUT2D eigenvalue weighted by Crippen LogP contribution is -2.33. The summed E-state index contributed by atoms with van der Waals surface area (Å²) < 4.78 is 2.24. The normalized spacial score (nSPS) is 10.8. The first-order valence-corrected chi connectivity index (χ1v) is 7.94. The van der Waals surface area contributed by atoms with E-state index in [1.165, 1.54) is 15.7 Å². The number of nitrogens with zero attached hydrogens (tertiary/aromatic N) is 1. The lowest BCUT2D eigenvalue weighted by molar-refractivity contribution is -0.691. The van der Waals surface area contributed by atoms with E-state index >= 15 is 0 Å². The molecular weight excluding hydrogens is 286 g/mol. The van der Waals surface area contributed by atoms with Crippen LogP contribution in [0.25, 0.3) is 10.8 Å². The molecule has 0 aliphatic rings. The smallest absolute Gasteiger partial charge is 0.176 e. The molecule has 1 aromatic heterocycles. The van der Waals surface area contributed by atoms with Crippen molar-refractivity contribution in [2.75, 3.05) is 5.75 Å². The minimum atomic E-state index is 0.790. The summed E-state index contributed by atoms with van der Waals surface area (Å²) in [5, 5.41) is 3.36. The Kier molecular flexibility index (Phi) is 4.24. The van der Waals surface area contributed by atoms with Crippen LogP contribution < -0.4 is 4.57 Å². The van der Waals surface area contributed by atoms with Gasteiger partial charge in [-0.25, -0.2) is 4.57 Å². The fourth-order valence-corrected chi connectivity index (χ4v) is 3.11. The second kappa shape index (κ2) is 6.29. The SMILES string of the molecule is Clc1ccc(SCC[n+]2ccc3ccccc3c2)cc1.